The highest BCUT2D eigenvalue weighted by Gasteiger charge is 2.41. The number of hydrogen-bond donors (Lipinski definition) is 0. The summed E-state index contributed by atoms with van der Waals surface area (Å²) in [5, 5.41) is 3.46. The third-order valence-electron chi connectivity index (χ3n) is 9.73. The fraction of sp³-hybridized carbons (Fsp3) is 0.263. The monoisotopic (exact) mass is 524 g/mol. The van der Waals surface area contributed by atoms with E-state index in [0.717, 1.165) is 12.8 Å². The Bertz CT molecular complexity index is 1500. The Balaban J connectivity index is 1.47. The smallest absolute Gasteiger partial charge is 0.0709 e. The van der Waals surface area contributed by atoms with Gasteiger partial charge in [0.05, 0.1) is 0 Å². The molecule has 2 aliphatic rings. The number of hydrogen-bond acceptors (Lipinski definition) is 0. The van der Waals surface area contributed by atoms with Crippen LogP contribution in [0.3, 0.4) is 0 Å². The molecular formula is C38H40Si. The molecule has 0 heterocycles. The van der Waals surface area contributed by atoms with Crippen LogP contribution in [0.5, 0.6) is 0 Å². The van der Waals surface area contributed by atoms with Gasteiger partial charge >= 0.3 is 0 Å². The third-order valence-corrected chi connectivity index (χ3v) is 15.2. The second-order valence-corrected chi connectivity index (χ2v) is 16.6. The van der Waals surface area contributed by atoms with Gasteiger partial charge in [-0.15, -0.1) is 0 Å². The first-order chi connectivity index (χ1) is 18.9. The first-order valence-electron chi connectivity index (χ1n) is 14.7. The molecule has 0 atom stereocenters. The molecule has 0 unspecified atom stereocenters. The number of rotatable bonds is 6. The van der Waals surface area contributed by atoms with Gasteiger partial charge in [-0.2, -0.15) is 0 Å². The normalized spacial score (nSPS) is 14.2. The van der Waals surface area contributed by atoms with Crippen LogP contribution in [-0.2, 0) is 12.8 Å². The van der Waals surface area contributed by atoms with Crippen LogP contribution in [0.4, 0.5) is 0 Å². The summed E-state index contributed by atoms with van der Waals surface area (Å²) in [6.45, 7) is 13.9. The second-order valence-electron chi connectivity index (χ2n) is 11.8. The molecule has 196 valence electrons. The molecule has 6 rings (SSSR count). The molecule has 0 N–H and O–H groups in total. The Hall–Kier alpha value is -3.42. The highest BCUT2D eigenvalue weighted by atomic mass is 28.3. The molecule has 0 fully saturated rings. The van der Waals surface area contributed by atoms with Gasteiger partial charge in [0, 0.05) is 0 Å². The topological polar surface area (TPSA) is 0 Å². The van der Waals surface area contributed by atoms with Crippen molar-refractivity contribution in [3.8, 4) is 22.3 Å². The summed E-state index contributed by atoms with van der Waals surface area (Å²) < 4.78 is 0. The van der Waals surface area contributed by atoms with Crippen LogP contribution < -0.4 is 0 Å². The van der Waals surface area contributed by atoms with Gasteiger partial charge in [0.25, 0.3) is 0 Å². The molecule has 39 heavy (non-hydrogen) atoms. The Morgan fingerprint density at radius 1 is 0.513 bits per heavy atom. The lowest BCUT2D eigenvalue weighted by molar-refractivity contribution is 1.15. The molecule has 0 aliphatic heterocycles. The van der Waals surface area contributed by atoms with E-state index in [-0.39, 0.29) is 0 Å². The molecule has 0 saturated carbocycles. The van der Waals surface area contributed by atoms with Crippen LogP contribution in [0, 0.1) is 27.7 Å². The highest BCUT2D eigenvalue weighted by Crippen LogP contribution is 2.47. The zero-order chi connectivity index (χ0) is 27.3. The van der Waals surface area contributed by atoms with Crippen molar-refractivity contribution >= 4 is 20.2 Å². The quantitative estimate of drug-likeness (QED) is 0.220. The molecule has 0 saturated heterocycles. The van der Waals surface area contributed by atoms with E-state index >= 15 is 0 Å². The van der Waals surface area contributed by atoms with Gasteiger partial charge < -0.3 is 0 Å². The lowest BCUT2D eigenvalue weighted by Crippen LogP contribution is -2.39. The van der Waals surface area contributed by atoms with E-state index in [1.165, 1.54) is 78.8 Å². The predicted molar refractivity (Wildman–Crippen MR) is 173 cm³/mol. The zero-order valence-electron chi connectivity index (χ0n) is 24.4. The SMILES string of the molecule is CC[Si](CC)(C1=Cc2c(cccc2-c2c(C)cccc2C)C1)C1=Cc2c(cccc2-c2c(C)cccc2C)C1. The van der Waals surface area contributed by atoms with Crippen molar-refractivity contribution < 1.29 is 0 Å². The van der Waals surface area contributed by atoms with E-state index in [2.05, 4.69) is 126 Å². The minimum atomic E-state index is -1.85. The fourth-order valence-corrected chi connectivity index (χ4v) is 12.3. The molecular weight excluding hydrogens is 485 g/mol. The molecule has 0 nitrogen and oxygen atoms in total. The van der Waals surface area contributed by atoms with Crippen molar-refractivity contribution in [1.82, 2.24) is 0 Å². The van der Waals surface area contributed by atoms with Gasteiger partial charge in [-0.1, -0.05) is 121 Å². The highest BCUT2D eigenvalue weighted by molar-refractivity contribution is 6.94. The summed E-state index contributed by atoms with van der Waals surface area (Å²) in [6, 6.07) is 29.9. The molecule has 0 aromatic heterocycles. The summed E-state index contributed by atoms with van der Waals surface area (Å²) in [5.41, 5.74) is 17.1. The third kappa shape index (κ3) is 4.10. The summed E-state index contributed by atoms with van der Waals surface area (Å²) in [4.78, 5) is 0. The van der Waals surface area contributed by atoms with Gasteiger partial charge in [-0.05, 0) is 107 Å². The molecule has 1 heteroatoms. The van der Waals surface area contributed by atoms with E-state index < -0.39 is 8.07 Å². The van der Waals surface area contributed by atoms with Crippen molar-refractivity contribution in [2.75, 3.05) is 0 Å². The first kappa shape index (κ1) is 25.8. The van der Waals surface area contributed by atoms with Crippen molar-refractivity contribution in [2.24, 2.45) is 0 Å². The maximum Gasteiger partial charge on any atom is 0.109 e. The number of benzene rings is 4. The molecule has 0 radical (unpaired) electrons. The number of aryl methyl sites for hydroxylation is 4. The lowest BCUT2D eigenvalue weighted by atomic mass is 9.91. The second kappa shape index (κ2) is 9.95. The predicted octanol–water partition coefficient (Wildman–Crippen LogP) is 10.4. The summed E-state index contributed by atoms with van der Waals surface area (Å²) in [7, 11) is -1.85. The van der Waals surface area contributed by atoms with Crippen molar-refractivity contribution in [1.29, 1.82) is 0 Å². The molecule has 0 spiro atoms. The average Bonchev–Trinajstić information content (AvgIpc) is 3.56. The molecule has 4 aromatic carbocycles. The van der Waals surface area contributed by atoms with Crippen molar-refractivity contribution in [2.45, 2.75) is 66.5 Å². The van der Waals surface area contributed by atoms with Crippen molar-refractivity contribution in [3.05, 3.63) is 128 Å². The first-order valence-corrected chi connectivity index (χ1v) is 17.1. The molecule has 0 amide bonds. The van der Waals surface area contributed by atoms with Crippen LogP contribution in [0.2, 0.25) is 12.1 Å². The Morgan fingerprint density at radius 3 is 1.23 bits per heavy atom. The fourth-order valence-electron chi connectivity index (χ4n) is 7.63. The van der Waals surface area contributed by atoms with Crippen LogP contribution >= 0.6 is 0 Å². The molecule has 4 aromatic rings. The maximum atomic E-state index is 2.63. The summed E-state index contributed by atoms with van der Waals surface area (Å²) in [6.07, 6.45) is 7.48. The van der Waals surface area contributed by atoms with E-state index in [4.69, 9.17) is 0 Å². The number of fused-ring (bicyclic) bond motifs is 2. The van der Waals surface area contributed by atoms with Gasteiger partial charge in [0.1, 0.15) is 8.07 Å². The van der Waals surface area contributed by atoms with Gasteiger partial charge in [-0.25, -0.2) is 0 Å². The summed E-state index contributed by atoms with van der Waals surface area (Å²) in [5.74, 6) is 0. The zero-order valence-corrected chi connectivity index (χ0v) is 25.4. The molecule has 0 bridgehead atoms. The van der Waals surface area contributed by atoms with Crippen LogP contribution in [0.15, 0.2) is 83.2 Å². The van der Waals surface area contributed by atoms with Crippen LogP contribution in [0.25, 0.3) is 34.4 Å². The van der Waals surface area contributed by atoms with Crippen molar-refractivity contribution in [3.63, 3.8) is 0 Å². The van der Waals surface area contributed by atoms with E-state index in [1.54, 1.807) is 10.4 Å². The van der Waals surface area contributed by atoms with E-state index in [1.807, 2.05) is 0 Å². The summed E-state index contributed by atoms with van der Waals surface area (Å²) >= 11 is 0. The van der Waals surface area contributed by atoms with Crippen LogP contribution in [0.1, 0.15) is 58.4 Å². The maximum absolute atomic E-state index is 2.63. The average molecular weight is 525 g/mol. The largest absolute Gasteiger partial charge is 0.109 e. The van der Waals surface area contributed by atoms with Gasteiger partial charge in [-0.3, -0.25) is 0 Å². The molecule has 2 aliphatic carbocycles. The van der Waals surface area contributed by atoms with Crippen LogP contribution in [-0.4, -0.2) is 8.07 Å². The van der Waals surface area contributed by atoms with E-state index in [9.17, 15) is 0 Å². The minimum Gasteiger partial charge on any atom is -0.0709 e. The standard InChI is InChI=1S/C38H40Si/c1-7-39(8-2,31-21-29-17-11-19-33(35(29)23-31)37-25(3)13-9-14-26(37)4)32-22-30-18-12-20-34(36(30)24-32)38-27(5)15-10-16-28(38)6/h9-20,23-24H,7-8,21-22H2,1-6H3. The van der Waals surface area contributed by atoms with Gasteiger partial charge in [0.15, 0.2) is 0 Å². The number of allylic oxidation sites excluding steroid dienone is 2. The Labute approximate surface area is 236 Å². The van der Waals surface area contributed by atoms with Gasteiger partial charge in [0.2, 0.25) is 0 Å². The Kier molecular flexibility index (Phi) is 6.59. The Morgan fingerprint density at radius 2 is 0.872 bits per heavy atom. The minimum absolute atomic E-state index is 1.11. The van der Waals surface area contributed by atoms with E-state index in [0.29, 0.717) is 0 Å². The lowest BCUT2D eigenvalue weighted by Gasteiger charge is -2.33.